The largest absolute Gasteiger partial charge is 0.433 e. The van der Waals surface area contributed by atoms with Crippen LogP contribution in [0.2, 0.25) is 0 Å². The Labute approximate surface area is 117 Å². The van der Waals surface area contributed by atoms with Crippen LogP contribution in [-0.2, 0) is 6.18 Å². The number of nitriles is 1. The maximum Gasteiger partial charge on any atom is 0.433 e. The van der Waals surface area contributed by atoms with Crippen molar-refractivity contribution in [1.29, 1.82) is 5.26 Å². The fourth-order valence-corrected chi connectivity index (χ4v) is 1.98. The van der Waals surface area contributed by atoms with E-state index in [0.29, 0.717) is 15.8 Å². The van der Waals surface area contributed by atoms with E-state index < -0.39 is 23.7 Å². The molecular formula is C13H10F3N3O2. The van der Waals surface area contributed by atoms with Crippen molar-refractivity contribution in [2.24, 2.45) is 0 Å². The van der Waals surface area contributed by atoms with Crippen molar-refractivity contribution < 1.29 is 23.4 Å². The molecule has 0 aliphatic heterocycles. The molecular weight excluding hydrogens is 287 g/mol. The van der Waals surface area contributed by atoms with Gasteiger partial charge in [-0.15, -0.1) is 0 Å². The minimum absolute atomic E-state index is 0.105. The molecule has 21 heavy (non-hydrogen) atoms. The number of rotatable bonds is 2. The van der Waals surface area contributed by atoms with Crippen molar-refractivity contribution in [3.8, 4) is 11.8 Å². The summed E-state index contributed by atoms with van der Waals surface area (Å²) in [5.41, 5.74) is -1.18. The van der Waals surface area contributed by atoms with Crippen molar-refractivity contribution >= 4 is 0 Å². The normalized spacial score (nSPS) is 11.7. The highest BCUT2D eigenvalue weighted by molar-refractivity contribution is 5.47. The molecule has 0 amide bonds. The van der Waals surface area contributed by atoms with E-state index in [4.69, 9.17) is 15.5 Å². The van der Waals surface area contributed by atoms with E-state index in [1.54, 1.807) is 0 Å². The maximum atomic E-state index is 13.1. The number of hydrogen-bond donors (Lipinski definition) is 2. The van der Waals surface area contributed by atoms with Crippen LogP contribution in [0.15, 0.2) is 24.4 Å². The van der Waals surface area contributed by atoms with Gasteiger partial charge >= 0.3 is 6.18 Å². The molecule has 0 saturated heterocycles. The molecule has 5 nitrogen and oxygen atoms in total. The third kappa shape index (κ3) is 2.74. The summed E-state index contributed by atoms with van der Waals surface area (Å²) in [7, 11) is 0. The highest BCUT2D eigenvalue weighted by atomic mass is 19.4. The fourth-order valence-electron chi connectivity index (χ4n) is 1.98. The van der Waals surface area contributed by atoms with Gasteiger partial charge in [-0.1, -0.05) is 0 Å². The molecule has 0 aliphatic carbocycles. The lowest BCUT2D eigenvalue weighted by atomic mass is 10.1. The second kappa shape index (κ2) is 5.20. The number of halogens is 3. The van der Waals surface area contributed by atoms with Gasteiger partial charge in [-0.3, -0.25) is 0 Å². The molecule has 8 heteroatoms. The Balaban J connectivity index is 2.68. The number of hydrogen-bond acceptors (Lipinski definition) is 4. The van der Waals surface area contributed by atoms with Crippen molar-refractivity contribution in [2.75, 3.05) is 0 Å². The van der Waals surface area contributed by atoms with Gasteiger partial charge < -0.3 is 10.2 Å². The van der Waals surface area contributed by atoms with Gasteiger partial charge in [0.25, 0.3) is 0 Å². The highest BCUT2D eigenvalue weighted by Crippen LogP contribution is 2.36. The Hall–Kier alpha value is -2.37. The van der Waals surface area contributed by atoms with Gasteiger partial charge in [0.15, 0.2) is 12.0 Å². The lowest BCUT2D eigenvalue weighted by molar-refractivity contribution is -0.147. The summed E-state index contributed by atoms with van der Waals surface area (Å²) in [6, 6.07) is 5.99. The lowest BCUT2D eigenvalue weighted by Gasteiger charge is -2.15. The monoisotopic (exact) mass is 297 g/mol. The molecule has 0 radical (unpaired) electrons. The van der Waals surface area contributed by atoms with Crippen LogP contribution < -0.4 is 0 Å². The smallest absolute Gasteiger partial charge is 0.364 e. The fraction of sp³-hybridized carbons (Fsp3) is 0.231. The zero-order valence-corrected chi connectivity index (χ0v) is 10.8. The zero-order chi connectivity index (χ0) is 15.8. The van der Waals surface area contributed by atoms with Crippen LogP contribution in [0.5, 0.6) is 0 Å². The summed E-state index contributed by atoms with van der Waals surface area (Å²) in [5.74, 6) is 0. The molecule has 110 valence electrons. The third-order valence-corrected chi connectivity index (χ3v) is 2.90. The molecule has 0 unspecified atom stereocenters. The molecule has 0 fully saturated rings. The molecule has 0 aliphatic rings. The van der Waals surface area contributed by atoms with Crippen molar-refractivity contribution in [3.63, 3.8) is 0 Å². The molecule has 2 rings (SSSR count). The van der Waals surface area contributed by atoms with E-state index in [1.807, 2.05) is 6.07 Å². The molecule has 0 bridgehead atoms. The first-order valence-corrected chi connectivity index (χ1v) is 5.78. The number of aliphatic hydroxyl groups excluding tert-OH is 1. The number of benzene rings is 1. The van der Waals surface area contributed by atoms with E-state index in [2.05, 4.69) is 5.10 Å². The number of nitrogens with zero attached hydrogens (tertiary/aromatic N) is 3. The predicted molar refractivity (Wildman–Crippen MR) is 65.2 cm³/mol. The Kier molecular flexibility index (Phi) is 3.72. The van der Waals surface area contributed by atoms with Gasteiger partial charge in [-0.2, -0.15) is 23.5 Å². The lowest BCUT2D eigenvalue weighted by Crippen LogP contribution is -2.17. The maximum absolute atomic E-state index is 13.1. The van der Waals surface area contributed by atoms with Crippen LogP contribution >= 0.6 is 0 Å². The van der Waals surface area contributed by atoms with Crippen LogP contribution in [0.1, 0.15) is 28.7 Å². The summed E-state index contributed by atoms with van der Waals surface area (Å²) in [4.78, 5) is 0. The number of alkyl halides is 3. The first-order chi connectivity index (χ1) is 9.75. The molecule has 2 aromatic rings. The molecule has 1 heterocycles. The van der Waals surface area contributed by atoms with E-state index in [9.17, 15) is 13.2 Å². The summed E-state index contributed by atoms with van der Waals surface area (Å²) in [6.45, 7) is 1.53. The Morgan fingerprint density at radius 1 is 1.33 bits per heavy atom. The summed E-state index contributed by atoms with van der Waals surface area (Å²) < 4.78 is 40.0. The second-order valence-electron chi connectivity index (χ2n) is 4.34. The SMILES string of the molecule is Cc1cc(C#N)ccc1-n1ncc(C(O)O)c1C(F)(F)F. The molecule has 0 spiro atoms. The summed E-state index contributed by atoms with van der Waals surface area (Å²) in [6.07, 6.45) is -6.34. The second-order valence-corrected chi connectivity index (χ2v) is 4.34. The first kappa shape index (κ1) is 15.0. The molecule has 0 atom stereocenters. The van der Waals surface area contributed by atoms with Crippen molar-refractivity contribution in [2.45, 2.75) is 19.4 Å². The van der Waals surface area contributed by atoms with Gasteiger partial charge in [-0.25, -0.2) is 4.68 Å². The standard InChI is InChI=1S/C13H10F3N3O2/c1-7-4-8(5-17)2-3-10(7)19-11(13(14,15)16)9(6-18-19)12(20)21/h2-4,6,12,20-21H,1H3. The minimum Gasteiger partial charge on any atom is -0.364 e. The van der Waals surface area contributed by atoms with Gasteiger partial charge in [0.2, 0.25) is 0 Å². The third-order valence-electron chi connectivity index (χ3n) is 2.90. The van der Waals surface area contributed by atoms with E-state index in [-0.39, 0.29) is 5.69 Å². The van der Waals surface area contributed by atoms with E-state index >= 15 is 0 Å². The van der Waals surface area contributed by atoms with Crippen LogP contribution in [0.4, 0.5) is 13.2 Å². The molecule has 0 saturated carbocycles. The Morgan fingerprint density at radius 2 is 2.00 bits per heavy atom. The van der Waals surface area contributed by atoms with Crippen LogP contribution in [0.25, 0.3) is 5.69 Å². The number of aryl methyl sites for hydroxylation is 1. The predicted octanol–water partition coefficient (Wildman–Crippen LogP) is 2.05. The van der Waals surface area contributed by atoms with Crippen LogP contribution in [-0.4, -0.2) is 20.0 Å². The van der Waals surface area contributed by atoms with Gasteiger partial charge in [-0.05, 0) is 30.7 Å². The van der Waals surface area contributed by atoms with Gasteiger partial charge in [0.1, 0.15) is 0 Å². The Morgan fingerprint density at radius 3 is 2.48 bits per heavy atom. The van der Waals surface area contributed by atoms with Crippen molar-refractivity contribution in [3.05, 3.63) is 46.8 Å². The molecule has 2 N–H and O–H groups in total. The summed E-state index contributed by atoms with van der Waals surface area (Å²) >= 11 is 0. The quantitative estimate of drug-likeness (QED) is 0.831. The average molecular weight is 297 g/mol. The topological polar surface area (TPSA) is 82.1 Å². The van der Waals surface area contributed by atoms with E-state index in [0.717, 1.165) is 6.20 Å². The summed E-state index contributed by atoms with van der Waals surface area (Å²) in [5, 5.41) is 30.4. The van der Waals surface area contributed by atoms with Crippen LogP contribution in [0, 0.1) is 18.3 Å². The Bertz CT molecular complexity index is 714. The average Bonchev–Trinajstić information content (AvgIpc) is 2.83. The minimum atomic E-state index is -4.81. The first-order valence-electron chi connectivity index (χ1n) is 5.78. The number of aliphatic hydroxyl groups is 2. The molecule has 1 aromatic heterocycles. The molecule has 1 aromatic carbocycles. The van der Waals surface area contributed by atoms with Crippen LogP contribution in [0.3, 0.4) is 0 Å². The van der Waals surface area contributed by atoms with Crippen molar-refractivity contribution in [1.82, 2.24) is 9.78 Å². The van der Waals surface area contributed by atoms with E-state index in [1.165, 1.54) is 25.1 Å². The van der Waals surface area contributed by atoms with Gasteiger partial charge in [0, 0.05) is 0 Å². The van der Waals surface area contributed by atoms with Gasteiger partial charge in [0.05, 0.1) is 29.1 Å². The highest BCUT2D eigenvalue weighted by Gasteiger charge is 2.40. The zero-order valence-electron chi connectivity index (χ0n) is 10.8. The number of aromatic nitrogens is 2.